The number of rotatable bonds is 4. The molecule has 32 heavy (non-hydrogen) atoms. The summed E-state index contributed by atoms with van der Waals surface area (Å²) in [4.78, 5) is 41.9. The number of Topliss-reactive ketones (excluding diaryl/α,β-unsaturated/α-hetero) is 1. The fourth-order valence-corrected chi connectivity index (χ4v) is 5.81. The Morgan fingerprint density at radius 2 is 1.94 bits per heavy atom. The predicted molar refractivity (Wildman–Crippen MR) is 124 cm³/mol. The van der Waals surface area contributed by atoms with Crippen molar-refractivity contribution in [3.8, 4) is 10.6 Å². The lowest BCUT2D eigenvalue weighted by molar-refractivity contribution is 0.0550. The highest BCUT2D eigenvalue weighted by atomic mass is 32.1. The summed E-state index contributed by atoms with van der Waals surface area (Å²) < 4.78 is 0. The molecule has 3 aromatic heterocycles. The van der Waals surface area contributed by atoms with Gasteiger partial charge in [-0.1, -0.05) is 26.2 Å². The van der Waals surface area contributed by atoms with Gasteiger partial charge in [-0.05, 0) is 37.8 Å². The molecule has 1 aliphatic carbocycles. The number of hydrogen-bond donors (Lipinski definition) is 2. The Labute approximate surface area is 190 Å². The number of aromatic amines is 1. The van der Waals surface area contributed by atoms with E-state index in [9.17, 15) is 14.7 Å². The summed E-state index contributed by atoms with van der Waals surface area (Å²) in [5, 5.41) is 9.68. The SMILES string of the molecule is CC1(C(=O)c2c[nH]c3ncc(-c4ccc(C(=O)N5CCC(O)CC5)s4)nc23)CCCCC1. The molecule has 8 heteroatoms. The van der Waals surface area contributed by atoms with Gasteiger partial charge in [0.1, 0.15) is 5.52 Å². The van der Waals surface area contributed by atoms with E-state index >= 15 is 0 Å². The molecule has 0 radical (unpaired) electrons. The summed E-state index contributed by atoms with van der Waals surface area (Å²) in [5.74, 6) is 0.133. The molecule has 3 aromatic rings. The number of ketones is 1. The Kier molecular flexibility index (Phi) is 5.59. The first-order chi connectivity index (χ1) is 15.4. The van der Waals surface area contributed by atoms with E-state index in [-0.39, 0.29) is 23.2 Å². The number of thiophene rings is 1. The van der Waals surface area contributed by atoms with Crippen LogP contribution in [-0.2, 0) is 0 Å². The molecule has 1 amide bonds. The van der Waals surface area contributed by atoms with Crippen LogP contribution in [0.25, 0.3) is 21.7 Å². The van der Waals surface area contributed by atoms with Crippen LogP contribution in [0.2, 0.25) is 0 Å². The molecule has 2 N–H and O–H groups in total. The van der Waals surface area contributed by atoms with Gasteiger partial charge in [0.15, 0.2) is 11.4 Å². The van der Waals surface area contributed by atoms with Gasteiger partial charge in [-0.3, -0.25) is 9.59 Å². The highest BCUT2D eigenvalue weighted by Crippen LogP contribution is 2.40. The second-order valence-corrected chi connectivity index (χ2v) is 10.4. The zero-order valence-electron chi connectivity index (χ0n) is 18.3. The molecular formula is C24H28N4O3S. The number of amides is 1. The van der Waals surface area contributed by atoms with Crippen LogP contribution in [0.3, 0.4) is 0 Å². The third kappa shape index (κ3) is 3.86. The second-order valence-electron chi connectivity index (χ2n) is 9.29. The van der Waals surface area contributed by atoms with Crippen molar-refractivity contribution >= 4 is 34.2 Å². The monoisotopic (exact) mass is 452 g/mol. The highest BCUT2D eigenvalue weighted by Gasteiger charge is 2.36. The molecule has 2 aliphatic rings. The van der Waals surface area contributed by atoms with E-state index in [1.807, 2.05) is 12.1 Å². The van der Waals surface area contributed by atoms with Gasteiger partial charge in [-0.15, -0.1) is 11.3 Å². The summed E-state index contributed by atoms with van der Waals surface area (Å²) >= 11 is 1.39. The normalized spacial score (nSPS) is 19.4. The number of hydrogen-bond acceptors (Lipinski definition) is 6. The van der Waals surface area contributed by atoms with Crippen LogP contribution >= 0.6 is 11.3 Å². The van der Waals surface area contributed by atoms with E-state index in [4.69, 9.17) is 4.98 Å². The molecule has 0 spiro atoms. The minimum absolute atomic E-state index is 0.00933. The van der Waals surface area contributed by atoms with E-state index in [1.54, 1.807) is 17.3 Å². The third-order valence-corrected chi connectivity index (χ3v) is 8.05. The van der Waals surface area contributed by atoms with Crippen molar-refractivity contribution in [3.63, 3.8) is 0 Å². The number of likely N-dealkylation sites (tertiary alicyclic amines) is 1. The van der Waals surface area contributed by atoms with Crippen LogP contribution in [0.5, 0.6) is 0 Å². The van der Waals surface area contributed by atoms with Crippen molar-refractivity contribution < 1.29 is 14.7 Å². The highest BCUT2D eigenvalue weighted by molar-refractivity contribution is 7.17. The summed E-state index contributed by atoms with van der Waals surface area (Å²) in [6.07, 6.45) is 9.55. The van der Waals surface area contributed by atoms with Gasteiger partial charge < -0.3 is 15.0 Å². The smallest absolute Gasteiger partial charge is 0.263 e. The molecule has 168 valence electrons. The lowest BCUT2D eigenvalue weighted by Crippen LogP contribution is -2.39. The first kappa shape index (κ1) is 21.3. The van der Waals surface area contributed by atoms with E-state index in [2.05, 4.69) is 16.9 Å². The van der Waals surface area contributed by atoms with E-state index < -0.39 is 0 Å². The minimum Gasteiger partial charge on any atom is -0.393 e. The maximum absolute atomic E-state index is 13.4. The fraction of sp³-hybridized carbons (Fsp3) is 0.500. The molecule has 0 bridgehead atoms. The van der Waals surface area contributed by atoms with Gasteiger partial charge in [0.25, 0.3) is 5.91 Å². The van der Waals surface area contributed by atoms with Crippen LogP contribution < -0.4 is 0 Å². The van der Waals surface area contributed by atoms with E-state index in [1.165, 1.54) is 17.8 Å². The Morgan fingerprint density at radius 1 is 1.19 bits per heavy atom. The minimum atomic E-state index is -0.338. The summed E-state index contributed by atoms with van der Waals surface area (Å²) in [5.41, 5.74) is 2.15. The average Bonchev–Trinajstić information content (AvgIpc) is 3.46. The number of carbonyl (C=O) groups excluding carboxylic acids is 2. The lowest BCUT2D eigenvalue weighted by Gasteiger charge is -2.31. The van der Waals surface area contributed by atoms with Crippen LogP contribution in [-0.4, -0.2) is 55.8 Å². The summed E-state index contributed by atoms with van der Waals surface area (Å²) in [7, 11) is 0. The summed E-state index contributed by atoms with van der Waals surface area (Å²) in [6.45, 7) is 3.22. The molecule has 4 heterocycles. The van der Waals surface area contributed by atoms with Crippen molar-refractivity contribution in [2.24, 2.45) is 5.41 Å². The Balaban J connectivity index is 1.41. The van der Waals surface area contributed by atoms with Gasteiger partial charge in [0, 0.05) is 24.7 Å². The molecule has 7 nitrogen and oxygen atoms in total. The molecular weight excluding hydrogens is 424 g/mol. The maximum atomic E-state index is 13.4. The van der Waals surface area contributed by atoms with Crippen molar-refractivity contribution in [3.05, 3.63) is 35.0 Å². The Bertz CT molecular complexity index is 1150. The van der Waals surface area contributed by atoms with E-state index in [0.717, 1.165) is 30.6 Å². The molecule has 5 rings (SSSR count). The van der Waals surface area contributed by atoms with Crippen molar-refractivity contribution in [1.82, 2.24) is 19.9 Å². The van der Waals surface area contributed by atoms with Gasteiger partial charge in [-0.2, -0.15) is 0 Å². The standard InChI is InChI=1S/C24H28N4O3S/c1-24(9-3-2-4-10-24)21(30)16-13-25-22-20(16)27-17(14-26-22)18-5-6-19(32-18)23(31)28-11-7-15(29)8-12-28/h5-6,13-15,29H,2-4,7-12H2,1H3,(H,25,26). The van der Waals surface area contributed by atoms with Crippen molar-refractivity contribution in [1.29, 1.82) is 0 Å². The molecule has 0 aromatic carbocycles. The molecule has 2 fully saturated rings. The molecule has 0 atom stereocenters. The number of aromatic nitrogens is 3. The van der Waals surface area contributed by atoms with Crippen LogP contribution in [0.4, 0.5) is 0 Å². The molecule has 1 aliphatic heterocycles. The van der Waals surface area contributed by atoms with Crippen molar-refractivity contribution in [2.75, 3.05) is 13.1 Å². The van der Waals surface area contributed by atoms with Crippen LogP contribution in [0, 0.1) is 5.41 Å². The first-order valence-corrected chi connectivity index (χ1v) is 12.2. The first-order valence-electron chi connectivity index (χ1n) is 11.4. The van der Waals surface area contributed by atoms with Gasteiger partial charge in [-0.25, -0.2) is 9.97 Å². The van der Waals surface area contributed by atoms with Gasteiger partial charge >= 0.3 is 0 Å². The number of piperidine rings is 1. The van der Waals surface area contributed by atoms with Crippen LogP contribution in [0.1, 0.15) is 71.9 Å². The maximum Gasteiger partial charge on any atom is 0.263 e. The second kappa shape index (κ2) is 8.41. The zero-order chi connectivity index (χ0) is 22.3. The number of aliphatic hydroxyl groups is 1. The number of nitrogens with zero attached hydrogens (tertiary/aromatic N) is 3. The van der Waals surface area contributed by atoms with Gasteiger partial charge in [0.05, 0.1) is 33.3 Å². The number of aliphatic hydroxyl groups excluding tert-OH is 1. The summed E-state index contributed by atoms with van der Waals surface area (Å²) in [6, 6.07) is 3.72. The fourth-order valence-electron chi connectivity index (χ4n) is 4.88. The molecule has 0 unspecified atom stereocenters. The largest absolute Gasteiger partial charge is 0.393 e. The number of nitrogens with one attached hydrogen (secondary N) is 1. The topological polar surface area (TPSA) is 99.2 Å². The Hall–Kier alpha value is -2.58. The Morgan fingerprint density at radius 3 is 2.69 bits per heavy atom. The number of fused-ring (bicyclic) bond motifs is 1. The predicted octanol–water partition coefficient (Wildman–Crippen LogP) is 4.44. The van der Waals surface area contributed by atoms with Crippen LogP contribution in [0.15, 0.2) is 24.5 Å². The zero-order valence-corrected chi connectivity index (χ0v) is 19.1. The molecule has 1 saturated heterocycles. The van der Waals surface area contributed by atoms with Crippen molar-refractivity contribution in [2.45, 2.75) is 58.0 Å². The van der Waals surface area contributed by atoms with Gasteiger partial charge in [0.2, 0.25) is 0 Å². The quantitative estimate of drug-likeness (QED) is 0.570. The third-order valence-electron chi connectivity index (χ3n) is 6.95. The average molecular weight is 453 g/mol. The van der Waals surface area contributed by atoms with E-state index in [0.29, 0.717) is 53.2 Å². The lowest BCUT2D eigenvalue weighted by atomic mass is 9.71. The number of carbonyl (C=O) groups is 2. The number of H-pyrrole nitrogens is 1. The molecule has 1 saturated carbocycles.